The Hall–Kier alpha value is -1.06. The van der Waals surface area contributed by atoms with Crippen molar-refractivity contribution < 1.29 is 14.7 Å². The Morgan fingerprint density at radius 2 is 2.00 bits per heavy atom. The third-order valence-electron chi connectivity index (χ3n) is 3.73. The Bertz CT molecular complexity index is 274. The van der Waals surface area contributed by atoms with E-state index in [-0.39, 0.29) is 18.4 Å². The van der Waals surface area contributed by atoms with E-state index in [2.05, 4.69) is 13.8 Å². The minimum absolute atomic E-state index is 0.0747. The predicted octanol–water partition coefficient (Wildman–Crippen LogP) is 2.28. The van der Waals surface area contributed by atoms with Gasteiger partial charge in [0.05, 0.1) is 6.42 Å². The molecule has 1 fully saturated rings. The Morgan fingerprint density at radius 3 is 2.53 bits per heavy atom. The number of amides is 1. The monoisotopic (exact) mass is 241 g/mol. The highest BCUT2D eigenvalue weighted by molar-refractivity contribution is 5.78. The van der Waals surface area contributed by atoms with Gasteiger partial charge in [-0.15, -0.1) is 0 Å². The molecule has 0 saturated carbocycles. The van der Waals surface area contributed by atoms with E-state index in [0.717, 1.165) is 32.2 Å². The molecule has 0 aromatic carbocycles. The van der Waals surface area contributed by atoms with E-state index in [4.69, 9.17) is 5.11 Å². The van der Waals surface area contributed by atoms with Crippen molar-refractivity contribution >= 4 is 11.9 Å². The molecule has 4 nitrogen and oxygen atoms in total. The first-order valence-corrected chi connectivity index (χ1v) is 6.59. The molecule has 0 bridgehead atoms. The third-order valence-corrected chi connectivity index (χ3v) is 3.73. The number of rotatable bonds is 6. The van der Waals surface area contributed by atoms with Crippen molar-refractivity contribution in [3.05, 3.63) is 0 Å². The largest absolute Gasteiger partial charge is 0.481 e. The summed E-state index contributed by atoms with van der Waals surface area (Å²) in [6.07, 6.45) is 4.46. The first-order valence-electron chi connectivity index (χ1n) is 6.59. The molecular weight excluding hydrogens is 218 g/mol. The van der Waals surface area contributed by atoms with Crippen LogP contribution in [0.5, 0.6) is 0 Å². The molecule has 0 radical (unpaired) electrons. The number of nitrogens with zero attached hydrogens (tertiary/aromatic N) is 1. The number of hydrogen-bond donors (Lipinski definition) is 1. The first kappa shape index (κ1) is 14.0. The molecular formula is C13H23NO3. The summed E-state index contributed by atoms with van der Waals surface area (Å²) in [5.74, 6) is -0.228. The molecule has 0 aromatic heterocycles. The smallest absolute Gasteiger partial charge is 0.305 e. The summed E-state index contributed by atoms with van der Waals surface area (Å²) in [6.45, 7) is 4.93. The summed E-state index contributed by atoms with van der Waals surface area (Å²) in [5, 5.41) is 8.81. The standard InChI is InChI=1S/C13H23NO3/c1-3-10(4-2)8-12(15)14-7-5-6-11(14)9-13(16)17/h10-11H,3-9H2,1-2H3,(H,16,17). The van der Waals surface area contributed by atoms with Crippen LogP contribution in [0, 0.1) is 5.92 Å². The molecule has 1 atom stereocenters. The van der Waals surface area contributed by atoms with Gasteiger partial charge in [0.25, 0.3) is 0 Å². The number of hydrogen-bond acceptors (Lipinski definition) is 2. The molecule has 1 N–H and O–H groups in total. The van der Waals surface area contributed by atoms with Crippen LogP contribution in [0.4, 0.5) is 0 Å². The average Bonchev–Trinajstić information content (AvgIpc) is 2.72. The van der Waals surface area contributed by atoms with Crippen LogP contribution in [0.1, 0.15) is 52.4 Å². The fourth-order valence-electron chi connectivity index (χ4n) is 2.52. The van der Waals surface area contributed by atoms with Gasteiger partial charge in [-0.2, -0.15) is 0 Å². The van der Waals surface area contributed by atoms with Crippen LogP contribution in [0.3, 0.4) is 0 Å². The van der Waals surface area contributed by atoms with E-state index in [1.807, 2.05) is 0 Å². The predicted molar refractivity (Wildman–Crippen MR) is 65.7 cm³/mol. The van der Waals surface area contributed by atoms with E-state index >= 15 is 0 Å². The van der Waals surface area contributed by atoms with Gasteiger partial charge in [-0.05, 0) is 18.8 Å². The normalized spacial score (nSPS) is 19.9. The zero-order valence-electron chi connectivity index (χ0n) is 10.8. The van der Waals surface area contributed by atoms with Crippen LogP contribution in [-0.4, -0.2) is 34.5 Å². The molecule has 4 heteroatoms. The maximum Gasteiger partial charge on any atom is 0.305 e. The van der Waals surface area contributed by atoms with E-state index < -0.39 is 5.97 Å². The minimum atomic E-state index is -0.808. The number of likely N-dealkylation sites (tertiary alicyclic amines) is 1. The average molecular weight is 241 g/mol. The second kappa shape index (κ2) is 6.62. The summed E-state index contributed by atoms with van der Waals surface area (Å²) >= 11 is 0. The van der Waals surface area contributed by atoms with E-state index in [9.17, 15) is 9.59 Å². The maximum absolute atomic E-state index is 12.1. The molecule has 1 rings (SSSR count). The lowest BCUT2D eigenvalue weighted by Crippen LogP contribution is -2.37. The Kier molecular flexibility index (Phi) is 5.45. The van der Waals surface area contributed by atoms with E-state index in [0.29, 0.717) is 12.3 Å². The number of carboxylic acids is 1. The second-order valence-electron chi connectivity index (χ2n) is 4.87. The van der Waals surface area contributed by atoms with Gasteiger partial charge in [0, 0.05) is 19.0 Å². The summed E-state index contributed by atoms with van der Waals surface area (Å²) in [4.78, 5) is 24.6. The number of carbonyl (C=O) groups excluding carboxylic acids is 1. The quantitative estimate of drug-likeness (QED) is 0.776. The molecule has 1 aliphatic rings. The van der Waals surface area contributed by atoms with Crippen molar-refractivity contribution in [3.63, 3.8) is 0 Å². The van der Waals surface area contributed by atoms with Crippen molar-refractivity contribution in [2.24, 2.45) is 5.92 Å². The highest BCUT2D eigenvalue weighted by atomic mass is 16.4. The van der Waals surface area contributed by atoms with Gasteiger partial charge >= 0.3 is 5.97 Å². The molecule has 1 aliphatic heterocycles. The lowest BCUT2D eigenvalue weighted by Gasteiger charge is -2.25. The highest BCUT2D eigenvalue weighted by Crippen LogP contribution is 2.23. The van der Waals surface area contributed by atoms with Crippen molar-refractivity contribution in [1.29, 1.82) is 0 Å². The zero-order valence-corrected chi connectivity index (χ0v) is 10.8. The molecule has 0 aromatic rings. The summed E-state index contributed by atoms with van der Waals surface area (Å²) < 4.78 is 0. The van der Waals surface area contributed by atoms with E-state index in [1.165, 1.54) is 0 Å². The number of aliphatic carboxylic acids is 1. The van der Waals surface area contributed by atoms with Crippen molar-refractivity contribution in [3.8, 4) is 0 Å². The summed E-state index contributed by atoms with van der Waals surface area (Å²) in [7, 11) is 0. The van der Waals surface area contributed by atoms with Gasteiger partial charge in [-0.1, -0.05) is 26.7 Å². The van der Waals surface area contributed by atoms with E-state index in [1.54, 1.807) is 4.90 Å². The maximum atomic E-state index is 12.1. The molecule has 1 saturated heterocycles. The van der Waals surface area contributed by atoms with Crippen LogP contribution < -0.4 is 0 Å². The van der Waals surface area contributed by atoms with Gasteiger partial charge in [-0.3, -0.25) is 9.59 Å². The third kappa shape index (κ3) is 4.02. The molecule has 0 spiro atoms. The Labute approximate surface area is 103 Å². The van der Waals surface area contributed by atoms with Gasteiger partial charge in [0.2, 0.25) is 5.91 Å². The van der Waals surface area contributed by atoms with Crippen LogP contribution in [0.15, 0.2) is 0 Å². The van der Waals surface area contributed by atoms with Gasteiger partial charge in [0.1, 0.15) is 0 Å². The molecule has 17 heavy (non-hydrogen) atoms. The molecule has 1 unspecified atom stereocenters. The lowest BCUT2D eigenvalue weighted by atomic mass is 9.98. The highest BCUT2D eigenvalue weighted by Gasteiger charge is 2.30. The van der Waals surface area contributed by atoms with Crippen molar-refractivity contribution in [2.75, 3.05) is 6.54 Å². The minimum Gasteiger partial charge on any atom is -0.481 e. The van der Waals surface area contributed by atoms with Crippen molar-refractivity contribution in [1.82, 2.24) is 4.90 Å². The molecule has 1 amide bonds. The molecule has 1 heterocycles. The topological polar surface area (TPSA) is 57.6 Å². The fourth-order valence-corrected chi connectivity index (χ4v) is 2.52. The summed E-state index contributed by atoms with van der Waals surface area (Å²) in [6, 6.07) is -0.0747. The Balaban J connectivity index is 2.52. The molecule has 0 aliphatic carbocycles. The van der Waals surface area contributed by atoms with Crippen LogP contribution in [0.25, 0.3) is 0 Å². The molecule has 98 valence electrons. The van der Waals surface area contributed by atoms with Crippen LogP contribution >= 0.6 is 0 Å². The summed E-state index contributed by atoms with van der Waals surface area (Å²) in [5.41, 5.74) is 0. The zero-order chi connectivity index (χ0) is 12.8. The SMILES string of the molecule is CCC(CC)CC(=O)N1CCCC1CC(=O)O. The van der Waals surface area contributed by atoms with Gasteiger partial charge in [0.15, 0.2) is 0 Å². The lowest BCUT2D eigenvalue weighted by molar-refractivity contribution is -0.140. The fraction of sp³-hybridized carbons (Fsp3) is 0.846. The van der Waals surface area contributed by atoms with Crippen LogP contribution in [0.2, 0.25) is 0 Å². The Morgan fingerprint density at radius 1 is 1.35 bits per heavy atom. The second-order valence-corrected chi connectivity index (χ2v) is 4.87. The first-order chi connectivity index (χ1) is 8.08. The van der Waals surface area contributed by atoms with Gasteiger partial charge < -0.3 is 10.0 Å². The number of carbonyl (C=O) groups is 2. The number of carboxylic acid groups (broad SMARTS) is 1. The van der Waals surface area contributed by atoms with Crippen molar-refractivity contribution in [2.45, 2.75) is 58.4 Å². The van der Waals surface area contributed by atoms with Gasteiger partial charge in [-0.25, -0.2) is 0 Å². The van der Waals surface area contributed by atoms with Crippen LogP contribution in [-0.2, 0) is 9.59 Å².